The lowest BCUT2D eigenvalue weighted by atomic mass is 10.2. The third-order valence-electron chi connectivity index (χ3n) is 4.90. The van der Waals surface area contributed by atoms with Gasteiger partial charge in [-0.1, -0.05) is 49.4 Å². The Kier molecular flexibility index (Phi) is 6.33. The fourth-order valence-electron chi connectivity index (χ4n) is 3.24. The van der Waals surface area contributed by atoms with Crippen molar-refractivity contribution in [1.82, 2.24) is 4.57 Å². The third-order valence-corrected chi connectivity index (χ3v) is 4.90. The lowest BCUT2D eigenvalue weighted by Crippen LogP contribution is -1.97. The van der Waals surface area contributed by atoms with Crippen LogP contribution in [0.25, 0.3) is 16.6 Å². The van der Waals surface area contributed by atoms with Crippen LogP contribution in [0.1, 0.15) is 24.6 Å². The Morgan fingerprint density at radius 1 is 0.821 bits per heavy atom. The van der Waals surface area contributed by atoms with Crippen molar-refractivity contribution in [2.75, 3.05) is 5.32 Å². The van der Waals surface area contributed by atoms with Gasteiger partial charge in [0.1, 0.15) is 0 Å². The first-order valence-corrected chi connectivity index (χ1v) is 9.75. The Hall–Kier alpha value is -3.26. The van der Waals surface area contributed by atoms with Gasteiger partial charge in [0.25, 0.3) is 0 Å². The van der Waals surface area contributed by atoms with Crippen LogP contribution in [0.4, 0.5) is 11.4 Å². The van der Waals surface area contributed by atoms with Crippen LogP contribution in [0.5, 0.6) is 0 Å². The van der Waals surface area contributed by atoms with Crippen molar-refractivity contribution in [3.05, 3.63) is 103 Å². The van der Waals surface area contributed by atoms with E-state index in [1.165, 1.54) is 27.8 Å². The molecule has 0 atom stereocenters. The standard InChI is InChI=1S/C22H20N2.C4H8/c1-16-17(2)24(22-11-7-6-10-21(16)22)20-14-12-19(13-15-20)23-18-8-4-3-5-9-18;1-3-4-2/h3-15,23H,1-2H3;3H,1,4H2,2H3. The van der Waals surface area contributed by atoms with E-state index in [0.29, 0.717) is 0 Å². The molecular weight excluding hydrogens is 340 g/mol. The summed E-state index contributed by atoms with van der Waals surface area (Å²) in [7, 11) is 0. The van der Waals surface area contributed by atoms with E-state index in [2.05, 4.69) is 97.9 Å². The molecule has 0 aliphatic carbocycles. The van der Waals surface area contributed by atoms with Crippen molar-refractivity contribution < 1.29 is 0 Å². The number of rotatable bonds is 4. The maximum atomic E-state index is 3.48. The molecule has 0 amide bonds. The number of fused-ring (bicyclic) bond motifs is 1. The van der Waals surface area contributed by atoms with Crippen molar-refractivity contribution in [3.8, 4) is 5.69 Å². The molecule has 0 saturated carbocycles. The Morgan fingerprint density at radius 2 is 1.39 bits per heavy atom. The van der Waals surface area contributed by atoms with Crippen LogP contribution >= 0.6 is 0 Å². The van der Waals surface area contributed by atoms with E-state index in [1.54, 1.807) is 0 Å². The van der Waals surface area contributed by atoms with E-state index >= 15 is 0 Å². The predicted octanol–water partition coefficient (Wildman–Crippen LogP) is 7.57. The number of nitrogens with zero attached hydrogens (tertiary/aromatic N) is 1. The van der Waals surface area contributed by atoms with Crippen LogP contribution < -0.4 is 5.32 Å². The molecule has 0 bridgehead atoms. The molecule has 0 unspecified atom stereocenters. The SMILES string of the molecule is C=CCC.Cc1c(C)n(-c2ccc(Nc3ccccc3)cc2)c2ccccc12. The first-order chi connectivity index (χ1) is 13.7. The quantitative estimate of drug-likeness (QED) is 0.367. The molecule has 28 heavy (non-hydrogen) atoms. The average Bonchev–Trinajstić information content (AvgIpc) is 3.00. The number of allylic oxidation sites excluding steroid dienone is 1. The second-order valence-electron chi connectivity index (χ2n) is 6.80. The fourth-order valence-corrected chi connectivity index (χ4v) is 3.24. The molecule has 2 heteroatoms. The van der Waals surface area contributed by atoms with Crippen molar-refractivity contribution in [2.45, 2.75) is 27.2 Å². The molecule has 0 radical (unpaired) electrons. The number of nitrogens with one attached hydrogen (secondary N) is 1. The molecule has 4 aromatic rings. The molecule has 0 aliphatic heterocycles. The van der Waals surface area contributed by atoms with Crippen LogP contribution in [0.15, 0.2) is 91.5 Å². The highest BCUT2D eigenvalue weighted by molar-refractivity contribution is 5.87. The number of para-hydroxylation sites is 2. The smallest absolute Gasteiger partial charge is 0.0534 e. The number of aromatic nitrogens is 1. The van der Waals surface area contributed by atoms with E-state index in [1.807, 2.05) is 24.3 Å². The molecule has 1 aromatic heterocycles. The lowest BCUT2D eigenvalue weighted by Gasteiger charge is -2.11. The molecule has 1 heterocycles. The summed E-state index contributed by atoms with van der Waals surface area (Å²) in [6.07, 6.45) is 2.96. The molecule has 4 rings (SSSR count). The summed E-state index contributed by atoms with van der Waals surface area (Å²) < 4.78 is 2.33. The van der Waals surface area contributed by atoms with Crippen LogP contribution in [-0.4, -0.2) is 4.57 Å². The molecule has 3 aromatic carbocycles. The summed E-state index contributed by atoms with van der Waals surface area (Å²) in [4.78, 5) is 0. The minimum atomic E-state index is 1.08. The average molecular weight is 369 g/mol. The number of hydrogen-bond acceptors (Lipinski definition) is 1. The number of hydrogen-bond donors (Lipinski definition) is 1. The predicted molar refractivity (Wildman–Crippen MR) is 123 cm³/mol. The van der Waals surface area contributed by atoms with Gasteiger partial charge in [-0.3, -0.25) is 0 Å². The van der Waals surface area contributed by atoms with Crippen molar-refractivity contribution in [1.29, 1.82) is 0 Å². The molecule has 0 saturated heterocycles. The van der Waals surface area contributed by atoms with Crippen molar-refractivity contribution in [2.24, 2.45) is 0 Å². The van der Waals surface area contributed by atoms with Crippen LogP contribution in [0.2, 0.25) is 0 Å². The maximum Gasteiger partial charge on any atom is 0.0534 e. The van der Waals surface area contributed by atoms with Gasteiger partial charge in [0, 0.05) is 28.1 Å². The van der Waals surface area contributed by atoms with Crippen LogP contribution in [-0.2, 0) is 0 Å². The summed E-state index contributed by atoms with van der Waals surface area (Å²) in [6.45, 7) is 9.92. The van der Waals surface area contributed by atoms with Crippen LogP contribution in [0, 0.1) is 13.8 Å². The summed E-state index contributed by atoms with van der Waals surface area (Å²) >= 11 is 0. The van der Waals surface area contributed by atoms with Crippen molar-refractivity contribution in [3.63, 3.8) is 0 Å². The van der Waals surface area contributed by atoms with Crippen LogP contribution in [0.3, 0.4) is 0 Å². The second kappa shape index (κ2) is 9.09. The highest BCUT2D eigenvalue weighted by Crippen LogP contribution is 2.29. The number of aryl methyl sites for hydroxylation is 1. The molecular formula is C26H28N2. The van der Waals surface area contributed by atoms with Gasteiger partial charge in [0.2, 0.25) is 0 Å². The first kappa shape index (κ1) is 19.5. The van der Waals surface area contributed by atoms with Gasteiger partial charge in [-0.25, -0.2) is 0 Å². The fraction of sp³-hybridized carbons (Fsp3) is 0.154. The highest BCUT2D eigenvalue weighted by atomic mass is 15.0. The summed E-state index contributed by atoms with van der Waals surface area (Å²) in [5, 5.41) is 4.75. The molecule has 0 fully saturated rings. The van der Waals surface area contributed by atoms with E-state index in [0.717, 1.165) is 17.8 Å². The lowest BCUT2D eigenvalue weighted by molar-refractivity contribution is 1.04. The molecule has 0 spiro atoms. The second-order valence-corrected chi connectivity index (χ2v) is 6.80. The van der Waals surface area contributed by atoms with Gasteiger partial charge >= 0.3 is 0 Å². The van der Waals surface area contributed by atoms with Gasteiger partial charge in [0.15, 0.2) is 0 Å². The monoisotopic (exact) mass is 368 g/mol. The number of anilines is 2. The first-order valence-electron chi connectivity index (χ1n) is 9.75. The van der Waals surface area contributed by atoms with Gasteiger partial charge in [-0.15, -0.1) is 6.58 Å². The minimum absolute atomic E-state index is 1.08. The zero-order valence-corrected chi connectivity index (χ0v) is 16.9. The largest absolute Gasteiger partial charge is 0.356 e. The summed E-state index contributed by atoms with van der Waals surface area (Å²) in [5.74, 6) is 0. The van der Waals surface area contributed by atoms with Gasteiger partial charge in [0.05, 0.1) is 5.52 Å². The normalized spacial score (nSPS) is 10.2. The minimum Gasteiger partial charge on any atom is -0.356 e. The maximum absolute atomic E-state index is 3.48. The molecule has 0 aliphatic rings. The third kappa shape index (κ3) is 4.17. The van der Waals surface area contributed by atoms with Gasteiger partial charge < -0.3 is 9.88 Å². The van der Waals surface area contributed by atoms with E-state index in [-0.39, 0.29) is 0 Å². The molecule has 1 N–H and O–H groups in total. The van der Waals surface area contributed by atoms with Gasteiger partial charge in [-0.2, -0.15) is 0 Å². The highest BCUT2D eigenvalue weighted by Gasteiger charge is 2.11. The summed E-state index contributed by atoms with van der Waals surface area (Å²) in [6, 6.07) is 27.4. The van der Waals surface area contributed by atoms with E-state index in [9.17, 15) is 0 Å². The van der Waals surface area contributed by atoms with Crippen molar-refractivity contribution >= 4 is 22.3 Å². The zero-order chi connectivity index (χ0) is 19.9. The van der Waals surface area contributed by atoms with E-state index in [4.69, 9.17) is 0 Å². The Balaban J connectivity index is 0.000000516. The molecule has 142 valence electrons. The topological polar surface area (TPSA) is 17.0 Å². The Labute approximate surface area is 168 Å². The van der Waals surface area contributed by atoms with Gasteiger partial charge in [-0.05, 0) is 68.3 Å². The van der Waals surface area contributed by atoms with E-state index < -0.39 is 0 Å². The zero-order valence-electron chi connectivity index (χ0n) is 16.9. The Morgan fingerprint density at radius 3 is 2.04 bits per heavy atom. The molecule has 2 nitrogen and oxygen atoms in total. The number of benzene rings is 3. The summed E-state index contributed by atoms with van der Waals surface area (Å²) in [5.41, 5.74) is 7.28. The Bertz CT molecular complexity index is 1040.